The Labute approximate surface area is 228 Å². The van der Waals surface area contributed by atoms with Gasteiger partial charge >= 0.3 is 0 Å². The van der Waals surface area contributed by atoms with Gasteiger partial charge in [0.1, 0.15) is 23.0 Å². The molecular weight excluding hydrogens is 492 g/mol. The molecule has 4 aromatic carbocycles. The van der Waals surface area contributed by atoms with E-state index in [1.54, 1.807) is 84.9 Å². The molecule has 0 radical (unpaired) electrons. The summed E-state index contributed by atoms with van der Waals surface area (Å²) in [5.41, 5.74) is 2.34. The van der Waals surface area contributed by atoms with Crippen molar-refractivity contribution in [2.75, 3.05) is 23.8 Å². The number of amides is 2. The third-order valence-electron chi connectivity index (χ3n) is 5.60. The molecule has 0 bridgehead atoms. The van der Waals surface area contributed by atoms with E-state index in [0.29, 0.717) is 58.7 Å². The standard InChI is InChI=1S/C32H32N2O5/c1-3-19-37-29-9-5-7-23(21-29)31(35)33-25-11-15-27(16-12-25)39-28-17-13-26(14-18-28)34-32(36)24-8-6-10-30(22-24)38-20-4-2/h5-18,21-22H,3-4,19-20H2,1-2H3,(H,33,35)(H,34,36). The summed E-state index contributed by atoms with van der Waals surface area (Å²) >= 11 is 0. The molecule has 2 amide bonds. The molecule has 0 aromatic heterocycles. The molecule has 0 aliphatic carbocycles. The van der Waals surface area contributed by atoms with Crippen LogP contribution in [-0.2, 0) is 0 Å². The highest BCUT2D eigenvalue weighted by Crippen LogP contribution is 2.25. The normalized spacial score (nSPS) is 10.4. The lowest BCUT2D eigenvalue weighted by atomic mass is 10.2. The Morgan fingerprint density at radius 3 is 1.36 bits per heavy atom. The molecule has 0 aliphatic rings. The summed E-state index contributed by atoms with van der Waals surface area (Å²) in [4.78, 5) is 25.3. The highest BCUT2D eigenvalue weighted by Gasteiger charge is 2.10. The first-order chi connectivity index (χ1) is 19.0. The quantitative estimate of drug-likeness (QED) is 0.200. The predicted octanol–water partition coefficient (Wildman–Crippen LogP) is 7.56. The van der Waals surface area contributed by atoms with Gasteiger partial charge in [0, 0.05) is 22.5 Å². The number of hydrogen-bond acceptors (Lipinski definition) is 5. The monoisotopic (exact) mass is 524 g/mol. The Morgan fingerprint density at radius 1 is 0.564 bits per heavy atom. The van der Waals surface area contributed by atoms with Crippen molar-refractivity contribution in [3.63, 3.8) is 0 Å². The third kappa shape index (κ3) is 8.10. The fraction of sp³-hybridized carbons (Fsp3) is 0.188. The van der Waals surface area contributed by atoms with Crippen molar-refractivity contribution in [1.82, 2.24) is 0 Å². The van der Waals surface area contributed by atoms with Crippen LogP contribution in [-0.4, -0.2) is 25.0 Å². The van der Waals surface area contributed by atoms with Gasteiger partial charge in [-0.05, 0) is 97.8 Å². The van der Waals surface area contributed by atoms with E-state index in [0.717, 1.165) is 12.8 Å². The number of benzene rings is 4. The zero-order valence-electron chi connectivity index (χ0n) is 22.1. The lowest BCUT2D eigenvalue weighted by molar-refractivity contribution is 0.101. The minimum absolute atomic E-state index is 0.219. The second kappa shape index (κ2) is 13.7. The predicted molar refractivity (Wildman–Crippen MR) is 153 cm³/mol. The average Bonchev–Trinajstić information content (AvgIpc) is 2.97. The molecule has 2 N–H and O–H groups in total. The molecular formula is C32H32N2O5. The van der Waals surface area contributed by atoms with Crippen LogP contribution in [0.15, 0.2) is 97.1 Å². The van der Waals surface area contributed by atoms with E-state index in [1.165, 1.54) is 0 Å². The number of carbonyl (C=O) groups excluding carboxylic acids is 2. The summed E-state index contributed by atoms with van der Waals surface area (Å²) in [7, 11) is 0. The maximum Gasteiger partial charge on any atom is 0.255 e. The highest BCUT2D eigenvalue weighted by molar-refractivity contribution is 6.05. The number of carbonyl (C=O) groups is 2. The summed E-state index contributed by atoms with van der Waals surface area (Å²) in [5.74, 6) is 2.13. The molecule has 0 fully saturated rings. The number of ether oxygens (including phenoxy) is 3. The van der Waals surface area contributed by atoms with Gasteiger partial charge in [-0.1, -0.05) is 26.0 Å². The van der Waals surface area contributed by atoms with Crippen molar-refractivity contribution in [1.29, 1.82) is 0 Å². The molecule has 0 unspecified atom stereocenters. The highest BCUT2D eigenvalue weighted by atomic mass is 16.5. The van der Waals surface area contributed by atoms with Gasteiger partial charge in [-0.15, -0.1) is 0 Å². The molecule has 200 valence electrons. The van der Waals surface area contributed by atoms with E-state index in [1.807, 2.05) is 26.0 Å². The molecule has 0 atom stereocenters. The van der Waals surface area contributed by atoms with Crippen molar-refractivity contribution in [3.8, 4) is 23.0 Å². The van der Waals surface area contributed by atoms with E-state index < -0.39 is 0 Å². The van der Waals surface area contributed by atoms with Crippen molar-refractivity contribution in [2.24, 2.45) is 0 Å². The first-order valence-electron chi connectivity index (χ1n) is 13.0. The Hall–Kier alpha value is -4.78. The topological polar surface area (TPSA) is 85.9 Å². The Balaban J connectivity index is 1.30. The maximum absolute atomic E-state index is 12.6. The average molecular weight is 525 g/mol. The van der Waals surface area contributed by atoms with Gasteiger partial charge in [0.05, 0.1) is 13.2 Å². The van der Waals surface area contributed by atoms with Crippen molar-refractivity contribution in [3.05, 3.63) is 108 Å². The SMILES string of the molecule is CCCOc1cccc(C(=O)Nc2ccc(Oc3ccc(NC(=O)c4cccc(OCCC)c4)cc3)cc2)c1. The van der Waals surface area contributed by atoms with Crippen LogP contribution in [0.1, 0.15) is 47.4 Å². The van der Waals surface area contributed by atoms with Crippen LogP contribution in [0.2, 0.25) is 0 Å². The molecule has 0 heterocycles. The van der Waals surface area contributed by atoms with Crippen LogP contribution >= 0.6 is 0 Å². The molecule has 0 saturated carbocycles. The summed E-state index contributed by atoms with van der Waals surface area (Å²) in [6, 6.07) is 28.4. The number of anilines is 2. The van der Waals surface area contributed by atoms with Gasteiger partial charge in [0.15, 0.2) is 0 Å². The van der Waals surface area contributed by atoms with E-state index in [-0.39, 0.29) is 11.8 Å². The molecule has 7 heteroatoms. The lowest BCUT2D eigenvalue weighted by Gasteiger charge is -2.10. The molecule has 0 spiro atoms. The molecule has 4 aromatic rings. The van der Waals surface area contributed by atoms with Gasteiger partial charge in [-0.2, -0.15) is 0 Å². The number of rotatable bonds is 12. The second-order valence-electron chi connectivity index (χ2n) is 8.81. The first kappa shape index (κ1) is 27.3. The van der Waals surface area contributed by atoms with Gasteiger partial charge < -0.3 is 24.8 Å². The van der Waals surface area contributed by atoms with Crippen LogP contribution in [0.3, 0.4) is 0 Å². The van der Waals surface area contributed by atoms with E-state index in [2.05, 4.69) is 10.6 Å². The lowest BCUT2D eigenvalue weighted by Crippen LogP contribution is -2.12. The molecule has 0 aliphatic heterocycles. The van der Waals surface area contributed by atoms with Crippen LogP contribution in [0, 0.1) is 0 Å². The van der Waals surface area contributed by atoms with Crippen molar-refractivity contribution < 1.29 is 23.8 Å². The van der Waals surface area contributed by atoms with Gasteiger partial charge in [0.2, 0.25) is 0 Å². The molecule has 0 saturated heterocycles. The first-order valence-corrected chi connectivity index (χ1v) is 13.0. The van der Waals surface area contributed by atoms with E-state index in [4.69, 9.17) is 14.2 Å². The van der Waals surface area contributed by atoms with Crippen LogP contribution in [0.4, 0.5) is 11.4 Å². The van der Waals surface area contributed by atoms with Crippen LogP contribution < -0.4 is 24.8 Å². The van der Waals surface area contributed by atoms with E-state index in [9.17, 15) is 9.59 Å². The zero-order chi connectivity index (χ0) is 27.5. The summed E-state index contributed by atoms with van der Waals surface area (Å²) in [6.07, 6.45) is 1.80. The third-order valence-corrected chi connectivity index (χ3v) is 5.60. The van der Waals surface area contributed by atoms with E-state index >= 15 is 0 Å². The molecule has 39 heavy (non-hydrogen) atoms. The Morgan fingerprint density at radius 2 is 0.974 bits per heavy atom. The summed E-state index contributed by atoms with van der Waals surface area (Å²) in [6.45, 7) is 5.27. The maximum atomic E-state index is 12.6. The minimum Gasteiger partial charge on any atom is -0.494 e. The molecule has 4 rings (SSSR count). The van der Waals surface area contributed by atoms with Crippen molar-refractivity contribution in [2.45, 2.75) is 26.7 Å². The van der Waals surface area contributed by atoms with Gasteiger partial charge in [-0.3, -0.25) is 9.59 Å². The minimum atomic E-state index is -0.219. The van der Waals surface area contributed by atoms with Gasteiger partial charge in [0.25, 0.3) is 11.8 Å². The van der Waals surface area contributed by atoms with Crippen LogP contribution in [0.5, 0.6) is 23.0 Å². The largest absolute Gasteiger partial charge is 0.494 e. The van der Waals surface area contributed by atoms with Crippen molar-refractivity contribution >= 4 is 23.2 Å². The smallest absolute Gasteiger partial charge is 0.255 e. The fourth-order valence-electron chi connectivity index (χ4n) is 3.65. The second-order valence-corrected chi connectivity index (χ2v) is 8.81. The Bertz CT molecular complexity index is 1280. The van der Waals surface area contributed by atoms with Crippen LogP contribution in [0.25, 0.3) is 0 Å². The number of nitrogens with one attached hydrogen (secondary N) is 2. The Kier molecular flexibility index (Phi) is 9.56. The fourth-order valence-corrected chi connectivity index (χ4v) is 3.65. The summed E-state index contributed by atoms with van der Waals surface area (Å²) in [5, 5.41) is 5.77. The summed E-state index contributed by atoms with van der Waals surface area (Å²) < 4.78 is 17.1. The zero-order valence-corrected chi connectivity index (χ0v) is 22.1. The number of hydrogen-bond donors (Lipinski definition) is 2. The van der Waals surface area contributed by atoms with Gasteiger partial charge in [-0.25, -0.2) is 0 Å². The molecule has 7 nitrogen and oxygen atoms in total.